The molecule has 1 aromatic heterocycles. The van der Waals surface area contributed by atoms with Gasteiger partial charge in [0.15, 0.2) is 23.6 Å². The van der Waals surface area contributed by atoms with Crippen LogP contribution in [0.1, 0.15) is 11.7 Å². The highest BCUT2D eigenvalue weighted by atomic mass is 16.5. The Labute approximate surface area is 148 Å². The quantitative estimate of drug-likeness (QED) is 0.744. The predicted molar refractivity (Wildman–Crippen MR) is 98.9 cm³/mol. The van der Waals surface area contributed by atoms with Gasteiger partial charge in [0.05, 0.1) is 25.1 Å². The minimum atomic E-state index is -0.457. The number of aliphatic imine (C=N–C) groups is 1. The van der Waals surface area contributed by atoms with Crippen molar-refractivity contribution in [1.29, 1.82) is 0 Å². The molecule has 8 nitrogen and oxygen atoms in total. The summed E-state index contributed by atoms with van der Waals surface area (Å²) in [6, 6.07) is 13.0. The molecule has 0 aliphatic carbocycles. The zero-order valence-electron chi connectivity index (χ0n) is 14.3. The summed E-state index contributed by atoms with van der Waals surface area (Å²) in [5.74, 6) is 1.50. The third-order valence-electron chi connectivity index (χ3n) is 4.27. The highest BCUT2D eigenvalue weighted by molar-refractivity contribution is 5.94. The molecule has 0 bridgehead atoms. The van der Waals surface area contributed by atoms with E-state index in [1.807, 2.05) is 34.9 Å². The minimum Gasteiger partial charge on any atom is -0.493 e. The van der Waals surface area contributed by atoms with Crippen molar-refractivity contribution in [1.82, 2.24) is 9.55 Å². The number of rotatable bonds is 3. The molecular weight excluding hydrogens is 334 g/mol. The van der Waals surface area contributed by atoms with Crippen LogP contribution < -0.4 is 26.1 Å². The fourth-order valence-electron chi connectivity index (χ4n) is 3.08. The Morgan fingerprint density at radius 2 is 1.81 bits per heavy atom. The van der Waals surface area contributed by atoms with Crippen molar-refractivity contribution in [3.63, 3.8) is 0 Å². The number of guanidine groups is 1. The van der Waals surface area contributed by atoms with E-state index in [0.29, 0.717) is 28.4 Å². The molecule has 0 radical (unpaired) electrons. The maximum atomic E-state index is 12.5. The number of benzene rings is 2. The number of anilines is 1. The third-order valence-corrected chi connectivity index (χ3v) is 4.27. The molecule has 3 aromatic rings. The van der Waals surface area contributed by atoms with Gasteiger partial charge in [0.2, 0.25) is 5.95 Å². The lowest BCUT2D eigenvalue weighted by molar-refractivity contribution is 0.355. The van der Waals surface area contributed by atoms with E-state index in [-0.39, 0.29) is 11.5 Å². The largest absolute Gasteiger partial charge is 0.493 e. The molecule has 0 spiro atoms. The van der Waals surface area contributed by atoms with Crippen molar-refractivity contribution in [3.8, 4) is 11.5 Å². The number of nitrogens with one attached hydrogen (secondary N) is 1. The molecule has 0 unspecified atom stereocenters. The van der Waals surface area contributed by atoms with Gasteiger partial charge in [0.25, 0.3) is 5.56 Å². The second kappa shape index (κ2) is 6.07. The van der Waals surface area contributed by atoms with Crippen LogP contribution in [0.15, 0.2) is 52.3 Å². The van der Waals surface area contributed by atoms with E-state index in [0.717, 1.165) is 5.56 Å². The number of hydrogen-bond donors (Lipinski definition) is 2. The first kappa shape index (κ1) is 15.9. The Hall–Kier alpha value is -3.55. The Morgan fingerprint density at radius 1 is 1.12 bits per heavy atom. The molecule has 0 amide bonds. The number of ether oxygens (including phenoxy) is 2. The normalized spacial score (nSPS) is 15.8. The molecule has 4 rings (SSSR count). The van der Waals surface area contributed by atoms with Gasteiger partial charge in [-0.15, -0.1) is 0 Å². The van der Waals surface area contributed by atoms with Crippen molar-refractivity contribution >= 4 is 22.8 Å². The van der Waals surface area contributed by atoms with Gasteiger partial charge < -0.3 is 15.2 Å². The van der Waals surface area contributed by atoms with E-state index >= 15 is 0 Å². The highest BCUT2D eigenvalue weighted by Crippen LogP contribution is 2.35. The summed E-state index contributed by atoms with van der Waals surface area (Å²) in [5.41, 5.74) is 7.06. The van der Waals surface area contributed by atoms with Crippen molar-refractivity contribution < 1.29 is 9.47 Å². The molecule has 26 heavy (non-hydrogen) atoms. The smallest absolute Gasteiger partial charge is 0.282 e. The maximum absolute atomic E-state index is 12.5. The van der Waals surface area contributed by atoms with Crippen LogP contribution in [-0.4, -0.2) is 29.7 Å². The number of nitrogens with two attached hydrogens (primary N) is 1. The molecule has 1 aliphatic heterocycles. The SMILES string of the molecule is COc1cc2c(=O)nc3n(c2cc1OC)[C@@H](c1ccccc1)N=C(N)N3. The fourth-order valence-corrected chi connectivity index (χ4v) is 3.08. The second-order valence-electron chi connectivity index (χ2n) is 5.76. The van der Waals surface area contributed by atoms with Crippen LogP contribution in [0.25, 0.3) is 10.9 Å². The van der Waals surface area contributed by atoms with Crippen LogP contribution >= 0.6 is 0 Å². The van der Waals surface area contributed by atoms with Gasteiger partial charge in [-0.2, -0.15) is 4.98 Å². The Balaban J connectivity index is 2.07. The monoisotopic (exact) mass is 351 g/mol. The number of methoxy groups -OCH3 is 2. The van der Waals surface area contributed by atoms with Gasteiger partial charge >= 0.3 is 0 Å². The summed E-state index contributed by atoms with van der Waals surface area (Å²) in [4.78, 5) is 21.2. The topological polar surface area (TPSA) is 104 Å². The molecule has 1 atom stereocenters. The number of hydrogen-bond acceptors (Lipinski definition) is 7. The molecule has 2 aromatic carbocycles. The van der Waals surface area contributed by atoms with Crippen LogP contribution in [0, 0.1) is 0 Å². The van der Waals surface area contributed by atoms with E-state index in [2.05, 4.69) is 15.3 Å². The lowest BCUT2D eigenvalue weighted by Gasteiger charge is -2.27. The summed E-state index contributed by atoms with van der Waals surface area (Å²) < 4.78 is 12.5. The minimum absolute atomic E-state index is 0.200. The third kappa shape index (κ3) is 2.43. The second-order valence-corrected chi connectivity index (χ2v) is 5.76. The molecule has 8 heteroatoms. The molecular formula is C18H17N5O3. The van der Waals surface area contributed by atoms with Crippen LogP contribution in [0.4, 0.5) is 5.95 Å². The predicted octanol–water partition coefficient (Wildman–Crippen LogP) is 1.70. The van der Waals surface area contributed by atoms with Crippen molar-refractivity contribution in [2.24, 2.45) is 10.7 Å². The molecule has 0 saturated heterocycles. The first-order valence-corrected chi connectivity index (χ1v) is 7.96. The maximum Gasteiger partial charge on any atom is 0.282 e. The Bertz CT molecular complexity index is 1080. The van der Waals surface area contributed by atoms with Gasteiger partial charge in [0.1, 0.15) is 0 Å². The molecule has 132 valence electrons. The summed E-state index contributed by atoms with van der Waals surface area (Å²) in [6.07, 6.45) is -0.457. The van der Waals surface area contributed by atoms with Gasteiger partial charge in [-0.1, -0.05) is 30.3 Å². The average molecular weight is 351 g/mol. The summed E-state index contributed by atoms with van der Waals surface area (Å²) in [7, 11) is 3.07. The highest BCUT2D eigenvalue weighted by Gasteiger charge is 2.25. The van der Waals surface area contributed by atoms with Gasteiger partial charge in [-0.25, -0.2) is 4.99 Å². The van der Waals surface area contributed by atoms with Crippen molar-refractivity contribution in [2.75, 3.05) is 19.5 Å². The first-order valence-electron chi connectivity index (χ1n) is 7.96. The Morgan fingerprint density at radius 3 is 2.50 bits per heavy atom. The Kier molecular flexibility index (Phi) is 3.72. The standard InChI is InChI=1S/C18H17N5O3/c1-25-13-8-11-12(9-14(13)26-2)23-15(10-6-4-3-5-7-10)20-17(19)22-18(23)21-16(11)24/h3-9,15H,1-2H3,(H3,19,20,21,22,24)/t15-/m0/s1. The lowest BCUT2D eigenvalue weighted by Crippen LogP contribution is -2.34. The van der Waals surface area contributed by atoms with E-state index in [4.69, 9.17) is 15.2 Å². The van der Waals surface area contributed by atoms with Gasteiger partial charge in [-0.05, 0) is 11.6 Å². The van der Waals surface area contributed by atoms with Crippen LogP contribution in [-0.2, 0) is 0 Å². The van der Waals surface area contributed by atoms with E-state index < -0.39 is 6.17 Å². The molecule has 3 N–H and O–H groups in total. The summed E-state index contributed by atoms with van der Waals surface area (Å²) in [5, 5.41) is 3.27. The molecule has 1 aliphatic rings. The molecule has 2 heterocycles. The zero-order valence-corrected chi connectivity index (χ0v) is 14.3. The van der Waals surface area contributed by atoms with E-state index in [1.165, 1.54) is 7.11 Å². The molecule has 0 fully saturated rings. The van der Waals surface area contributed by atoms with E-state index in [1.54, 1.807) is 19.2 Å². The zero-order chi connectivity index (χ0) is 18.3. The van der Waals surface area contributed by atoms with Crippen molar-refractivity contribution in [3.05, 3.63) is 58.4 Å². The average Bonchev–Trinajstić information content (AvgIpc) is 2.67. The van der Waals surface area contributed by atoms with Gasteiger partial charge in [-0.3, -0.25) is 14.7 Å². The van der Waals surface area contributed by atoms with Gasteiger partial charge in [0, 0.05) is 6.07 Å². The summed E-state index contributed by atoms with van der Waals surface area (Å²) >= 11 is 0. The van der Waals surface area contributed by atoms with E-state index in [9.17, 15) is 4.79 Å². The first-order chi connectivity index (χ1) is 12.6. The lowest BCUT2D eigenvalue weighted by atomic mass is 10.1. The van der Waals surface area contributed by atoms with Crippen LogP contribution in [0.2, 0.25) is 0 Å². The number of aromatic nitrogens is 2. The summed E-state index contributed by atoms with van der Waals surface area (Å²) in [6.45, 7) is 0. The fraction of sp³-hybridized carbons (Fsp3) is 0.167. The van der Waals surface area contributed by atoms with Crippen LogP contribution in [0.3, 0.4) is 0 Å². The number of nitrogens with zero attached hydrogens (tertiary/aromatic N) is 3. The van der Waals surface area contributed by atoms with Crippen molar-refractivity contribution in [2.45, 2.75) is 6.17 Å². The number of fused-ring (bicyclic) bond motifs is 3. The molecule has 0 saturated carbocycles. The van der Waals surface area contributed by atoms with Crippen LogP contribution in [0.5, 0.6) is 11.5 Å².